The topological polar surface area (TPSA) is 51.6 Å². The standard InChI is InChI=1S/C18H15N3O/c22-18-13-6-2-4-8-15(13)20-17-16-12(9-10-21(17)18)11-5-1-3-7-14(11)19-16/h1-8,18-19,22H,9-10H2. The number of amidine groups is 1. The first-order valence-electron chi connectivity index (χ1n) is 7.55. The second kappa shape index (κ2) is 4.21. The van der Waals surface area contributed by atoms with E-state index in [9.17, 15) is 5.11 Å². The average molecular weight is 289 g/mol. The maximum absolute atomic E-state index is 10.7. The zero-order chi connectivity index (χ0) is 14.7. The maximum atomic E-state index is 10.7. The Morgan fingerprint density at radius 3 is 2.86 bits per heavy atom. The summed E-state index contributed by atoms with van der Waals surface area (Å²) in [5.41, 5.74) is 5.21. The number of aliphatic hydroxyl groups is 1. The van der Waals surface area contributed by atoms with Gasteiger partial charge in [0.15, 0.2) is 12.1 Å². The number of nitrogens with zero attached hydrogens (tertiary/aromatic N) is 2. The predicted molar refractivity (Wildman–Crippen MR) is 86.3 cm³/mol. The van der Waals surface area contributed by atoms with Crippen LogP contribution in [0.1, 0.15) is 23.0 Å². The molecule has 2 aromatic carbocycles. The van der Waals surface area contributed by atoms with Gasteiger partial charge in [0.2, 0.25) is 0 Å². The van der Waals surface area contributed by atoms with Crippen LogP contribution in [0.15, 0.2) is 53.5 Å². The first kappa shape index (κ1) is 12.0. The van der Waals surface area contributed by atoms with Crippen LogP contribution in [0, 0.1) is 0 Å². The Labute approximate surface area is 127 Å². The molecule has 2 aliphatic rings. The van der Waals surface area contributed by atoms with E-state index in [2.05, 4.69) is 23.2 Å². The molecule has 0 fully saturated rings. The fourth-order valence-electron chi connectivity index (χ4n) is 3.58. The fraction of sp³-hybridized carbons (Fsp3) is 0.167. The highest BCUT2D eigenvalue weighted by Crippen LogP contribution is 2.38. The number of hydrogen-bond acceptors (Lipinski definition) is 3. The van der Waals surface area contributed by atoms with Crippen molar-refractivity contribution in [1.82, 2.24) is 9.88 Å². The van der Waals surface area contributed by atoms with E-state index in [0.717, 1.165) is 41.3 Å². The van der Waals surface area contributed by atoms with Crippen LogP contribution in [0.2, 0.25) is 0 Å². The van der Waals surface area contributed by atoms with Crippen molar-refractivity contribution in [3.8, 4) is 0 Å². The van der Waals surface area contributed by atoms with Crippen LogP contribution >= 0.6 is 0 Å². The molecule has 1 atom stereocenters. The van der Waals surface area contributed by atoms with Gasteiger partial charge in [0, 0.05) is 23.0 Å². The van der Waals surface area contributed by atoms with Crippen molar-refractivity contribution >= 4 is 22.4 Å². The van der Waals surface area contributed by atoms with Crippen molar-refractivity contribution in [2.75, 3.05) is 6.54 Å². The zero-order valence-corrected chi connectivity index (χ0v) is 12.0. The molecule has 22 heavy (non-hydrogen) atoms. The quantitative estimate of drug-likeness (QED) is 0.668. The monoisotopic (exact) mass is 289 g/mol. The van der Waals surface area contributed by atoms with Gasteiger partial charge in [-0.3, -0.25) is 0 Å². The first-order valence-corrected chi connectivity index (χ1v) is 7.55. The van der Waals surface area contributed by atoms with Gasteiger partial charge in [0.05, 0.1) is 11.4 Å². The average Bonchev–Trinajstić information content (AvgIpc) is 2.94. The van der Waals surface area contributed by atoms with Gasteiger partial charge in [0.25, 0.3) is 0 Å². The van der Waals surface area contributed by atoms with Gasteiger partial charge in [-0.05, 0) is 24.1 Å². The summed E-state index contributed by atoms with van der Waals surface area (Å²) in [6.07, 6.45) is 0.292. The van der Waals surface area contributed by atoms with Crippen LogP contribution in [0.25, 0.3) is 10.9 Å². The van der Waals surface area contributed by atoms with E-state index in [0.29, 0.717) is 0 Å². The largest absolute Gasteiger partial charge is 0.369 e. The van der Waals surface area contributed by atoms with E-state index in [1.54, 1.807) is 0 Å². The third-order valence-electron chi connectivity index (χ3n) is 4.65. The second-order valence-electron chi connectivity index (χ2n) is 5.84. The number of hydrogen-bond donors (Lipinski definition) is 2. The van der Waals surface area contributed by atoms with Crippen LogP contribution < -0.4 is 0 Å². The molecule has 0 aliphatic carbocycles. The Morgan fingerprint density at radius 1 is 1.09 bits per heavy atom. The van der Waals surface area contributed by atoms with Gasteiger partial charge in [-0.15, -0.1) is 0 Å². The van der Waals surface area contributed by atoms with Crippen LogP contribution in [0.5, 0.6) is 0 Å². The van der Waals surface area contributed by atoms with Crippen molar-refractivity contribution in [3.05, 3.63) is 65.4 Å². The minimum absolute atomic E-state index is 0.622. The smallest absolute Gasteiger partial charge is 0.156 e. The molecule has 2 N–H and O–H groups in total. The highest BCUT2D eigenvalue weighted by atomic mass is 16.3. The van der Waals surface area contributed by atoms with Crippen molar-refractivity contribution in [3.63, 3.8) is 0 Å². The third-order valence-corrected chi connectivity index (χ3v) is 4.65. The van der Waals surface area contributed by atoms with Crippen LogP contribution in [-0.4, -0.2) is 27.4 Å². The number of aromatic amines is 1. The predicted octanol–water partition coefficient (Wildman–Crippen LogP) is 3.11. The third kappa shape index (κ3) is 1.47. The number of para-hydroxylation sites is 2. The van der Waals surface area contributed by atoms with Crippen molar-refractivity contribution in [2.45, 2.75) is 12.6 Å². The molecular formula is C18H15N3O. The molecule has 0 amide bonds. The van der Waals surface area contributed by atoms with Gasteiger partial charge in [-0.1, -0.05) is 36.4 Å². The lowest BCUT2D eigenvalue weighted by atomic mass is 9.99. The number of H-pyrrole nitrogens is 1. The molecule has 0 radical (unpaired) electrons. The molecule has 3 heterocycles. The Balaban J connectivity index is 1.79. The summed E-state index contributed by atoms with van der Waals surface area (Å²) in [6, 6.07) is 16.1. The number of rotatable bonds is 0. The lowest BCUT2D eigenvalue weighted by Gasteiger charge is -2.37. The number of nitrogens with one attached hydrogen (secondary N) is 1. The summed E-state index contributed by atoms with van der Waals surface area (Å²) >= 11 is 0. The van der Waals surface area contributed by atoms with Crippen molar-refractivity contribution in [1.29, 1.82) is 0 Å². The first-order chi connectivity index (χ1) is 10.8. The van der Waals surface area contributed by atoms with E-state index in [1.165, 1.54) is 10.9 Å². The molecule has 0 saturated carbocycles. The highest BCUT2D eigenvalue weighted by molar-refractivity contribution is 6.07. The zero-order valence-electron chi connectivity index (χ0n) is 12.0. The molecule has 0 saturated heterocycles. The molecule has 4 nitrogen and oxygen atoms in total. The van der Waals surface area contributed by atoms with Gasteiger partial charge in [-0.25, -0.2) is 4.99 Å². The Morgan fingerprint density at radius 2 is 1.91 bits per heavy atom. The summed E-state index contributed by atoms with van der Waals surface area (Å²) in [6.45, 7) is 0.781. The molecule has 0 bridgehead atoms. The molecule has 5 rings (SSSR count). The van der Waals surface area contributed by atoms with E-state index in [1.807, 2.05) is 35.2 Å². The van der Waals surface area contributed by atoms with Crippen molar-refractivity contribution in [2.24, 2.45) is 4.99 Å². The summed E-state index contributed by atoms with van der Waals surface area (Å²) < 4.78 is 0. The molecule has 1 aromatic heterocycles. The molecule has 108 valence electrons. The minimum Gasteiger partial charge on any atom is -0.369 e. The van der Waals surface area contributed by atoms with Gasteiger partial charge in [-0.2, -0.15) is 0 Å². The summed E-state index contributed by atoms with van der Waals surface area (Å²) in [5, 5.41) is 11.9. The molecule has 4 heteroatoms. The molecule has 1 unspecified atom stereocenters. The van der Waals surface area contributed by atoms with E-state index < -0.39 is 6.23 Å². The Hall–Kier alpha value is -2.59. The fourth-order valence-corrected chi connectivity index (χ4v) is 3.58. The number of fused-ring (bicyclic) bond motifs is 6. The van der Waals surface area contributed by atoms with Gasteiger partial charge >= 0.3 is 0 Å². The maximum Gasteiger partial charge on any atom is 0.156 e. The van der Waals surface area contributed by atoms with Gasteiger partial charge in [0.1, 0.15) is 0 Å². The Bertz CT molecular complexity index is 925. The van der Waals surface area contributed by atoms with E-state index >= 15 is 0 Å². The lowest BCUT2D eigenvalue weighted by Crippen LogP contribution is -2.42. The van der Waals surface area contributed by atoms with Gasteiger partial charge < -0.3 is 15.0 Å². The molecule has 2 aliphatic heterocycles. The second-order valence-corrected chi connectivity index (χ2v) is 5.84. The van der Waals surface area contributed by atoms with E-state index in [-0.39, 0.29) is 0 Å². The molecule has 0 spiro atoms. The van der Waals surface area contributed by atoms with Crippen LogP contribution in [0.3, 0.4) is 0 Å². The summed E-state index contributed by atoms with van der Waals surface area (Å²) in [4.78, 5) is 10.3. The summed E-state index contributed by atoms with van der Waals surface area (Å²) in [7, 11) is 0. The normalized spacial score (nSPS) is 19.4. The number of aliphatic hydroxyl groups excluding tert-OH is 1. The molecular weight excluding hydrogens is 274 g/mol. The molecule has 3 aromatic rings. The number of aromatic nitrogens is 1. The number of aliphatic imine (C=N–C) groups is 1. The summed E-state index contributed by atoms with van der Waals surface area (Å²) in [5.74, 6) is 0.851. The van der Waals surface area contributed by atoms with E-state index in [4.69, 9.17) is 4.99 Å². The minimum atomic E-state index is -0.622. The van der Waals surface area contributed by atoms with Crippen LogP contribution in [-0.2, 0) is 6.42 Å². The highest BCUT2D eigenvalue weighted by Gasteiger charge is 2.34. The SMILES string of the molecule is OC1c2ccccc2N=C2c3[nH]c4ccccc4c3CCN21. The van der Waals surface area contributed by atoms with Crippen LogP contribution in [0.4, 0.5) is 5.69 Å². The Kier molecular flexibility index (Phi) is 2.30. The lowest BCUT2D eigenvalue weighted by molar-refractivity contribution is 0.0497. The number of benzene rings is 2. The van der Waals surface area contributed by atoms with Crippen molar-refractivity contribution < 1.29 is 5.11 Å².